The second kappa shape index (κ2) is 10.0. The third-order valence-electron chi connectivity index (χ3n) is 5.34. The van der Waals surface area contributed by atoms with Crippen LogP contribution in [0.25, 0.3) is 11.1 Å². The number of aryl methyl sites for hydroxylation is 3. The lowest BCUT2D eigenvalue weighted by Gasteiger charge is -2.07. The number of rotatable bonds is 9. The first-order valence-electron chi connectivity index (χ1n) is 10.9. The van der Waals surface area contributed by atoms with Gasteiger partial charge in [-0.15, -0.1) is 0 Å². The van der Waals surface area contributed by atoms with Gasteiger partial charge < -0.3 is 5.11 Å². The summed E-state index contributed by atoms with van der Waals surface area (Å²) in [5.74, 6) is 0.811. The molecule has 0 amide bonds. The van der Waals surface area contributed by atoms with Crippen molar-refractivity contribution in [2.24, 2.45) is 0 Å². The zero-order valence-corrected chi connectivity index (χ0v) is 18.1. The maximum Gasteiger partial charge on any atom is 0.336 e. The normalized spacial score (nSPS) is 10.9. The maximum atomic E-state index is 11.5. The van der Waals surface area contributed by atoms with Crippen molar-refractivity contribution in [2.75, 3.05) is 0 Å². The second-order valence-electron chi connectivity index (χ2n) is 7.72. The molecule has 0 bridgehead atoms. The molecule has 0 radical (unpaired) electrons. The van der Waals surface area contributed by atoms with Crippen LogP contribution in [0.4, 0.5) is 0 Å². The summed E-state index contributed by atoms with van der Waals surface area (Å²) in [6.07, 6.45) is 5.00. The quantitative estimate of drug-likeness (QED) is 0.415. The molecule has 6 nitrogen and oxygen atoms in total. The minimum atomic E-state index is -0.944. The van der Waals surface area contributed by atoms with E-state index in [1.807, 2.05) is 41.1 Å². The summed E-state index contributed by atoms with van der Waals surface area (Å²) < 4.78 is 1.98. The van der Waals surface area contributed by atoms with Crippen LogP contribution in [-0.2, 0) is 25.8 Å². The Labute approximate surface area is 187 Å². The van der Waals surface area contributed by atoms with Crippen molar-refractivity contribution >= 4 is 5.97 Å². The van der Waals surface area contributed by atoms with Gasteiger partial charge in [0.2, 0.25) is 0 Å². The lowest BCUT2D eigenvalue weighted by atomic mass is 10.0. The van der Waals surface area contributed by atoms with E-state index in [1.165, 1.54) is 5.56 Å². The lowest BCUT2D eigenvalue weighted by molar-refractivity contribution is 0.0697. The van der Waals surface area contributed by atoms with E-state index in [-0.39, 0.29) is 5.56 Å². The number of carboxylic acid groups (broad SMARTS) is 1. The molecule has 4 aromatic rings. The number of hydrogen-bond acceptors (Lipinski definition) is 4. The number of carbonyl (C=O) groups is 1. The first kappa shape index (κ1) is 21.4. The Balaban J connectivity index is 1.51. The molecule has 0 aliphatic heterocycles. The van der Waals surface area contributed by atoms with Gasteiger partial charge in [0.15, 0.2) is 5.82 Å². The Morgan fingerprint density at radius 3 is 2.47 bits per heavy atom. The van der Waals surface area contributed by atoms with Crippen LogP contribution < -0.4 is 0 Å². The van der Waals surface area contributed by atoms with Crippen LogP contribution in [-0.4, -0.2) is 30.8 Å². The molecule has 0 atom stereocenters. The highest BCUT2D eigenvalue weighted by Gasteiger charge is 2.13. The van der Waals surface area contributed by atoms with Crippen LogP contribution in [0.15, 0.2) is 72.9 Å². The first-order valence-corrected chi connectivity index (χ1v) is 10.9. The van der Waals surface area contributed by atoms with Gasteiger partial charge in [0.25, 0.3) is 0 Å². The monoisotopic (exact) mass is 426 g/mol. The summed E-state index contributed by atoms with van der Waals surface area (Å²) in [5, 5.41) is 14.2. The van der Waals surface area contributed by atoms with E-state index in [1.54, 1.807) is 24.4 Å². The fourth-order valence-corrected chi connectivity index (χ4v) is 3.73. The van der Waals surface area contributed by atoms with Crippen LogP contribution in [0.5, 0.6) is 0 Å². The number of carboxylic acids is 1. The summed E-state index contributed by atoms with van der Waals surface area (Å²) in [5.41, 5.74) is 3.87. The van der Waals surface area contributed by atoms with Gasteiger partial charge in [-0.05, 0) is 36.1 Å². The zero-order chi connectivity index (χ0) is 22.3. The Hall–Kier alpha value is -3.80. The third kappa shape index (κ3) is 5.09. The van der Waals surface area contributed by atoms with Gasteiger partial charge in [-0.2, -0.15) is 5.10 Å². The molecular formula is C26H26N4O2. The van der Waals surface area contributed by atoms with E-state index in [0.717, 1.165) is 48.7 Å². The van der Waals surface area contributed by atoms with Crippen molar-refractivity contribution in [3.05, 3.63) is 101 Å². The average molecular weight is 427 g/mol. The largest absolute Gasteiger partial charge is 0.478 e. The van der Waals surface area contributed by atoms with Gasteiger partial charge in [-0.3, -0.25) is 4.98 Å². The van der Waals surface area contributed by atoms with Crippen molar-refractivity contribution in [2.45, 2.75) is 39.2 Å². The average Bonchev–Trinajstić information content (AvgIpc) is 3.20. The molecule has 1 N–H and O–H groups in total. The van der Waals surface area contributed by atoms with Crippen molar-refractivity contribution < 1.29 is 9.90 Å². The molecule has 4 rings (SSSR count). The highest BCUT2D eigenvalue weighted by Crippen LogP contribution is 2.23. The summed E-state index contributed by atoms with van der Waals surface area (Å²) in [6.45, 7) is 2.94. The van der Waals surface area contributed by atoms with Gasteiger partial charge >= 0.3 is 5.97 Å². The third-order valence-corrected chi connectivity index (χ3v) is 5.34. The molecule has 0 aliphatic carbocycles. The lowest BCUT2D eigenvalue weighted by Crippen LogP contribution is -2.07. The molecule has 0 spiro atoms. The summed E-state index contributed by atoms with van der Waals surface area (Å²) in [7, 11) is 0. The fraction of sp³-hybridized carbons (Fsp3) is 0.231. The van der Waals surface area contributed by atoms with Crippen molar-refractivity contribution in [3.63, 3.8) is 0 Å². The Bertz CT molecular complexity index is 1180. The summed E-state index contributed by atoms with van der Waals surface area (Å²) in [4.78, 5) is 20.9. The van der Waals surface area contributed by atoms with Crippen LogP contribution in [0, 0.1) is 0 Å². The van der Waals surface area contributed by atoms with E-state index < -0.39 is 5.97 Å². The number of benzene rings is 2. The molecule has 2 aromatic heterocycles. The zero-order valence-electron chi connectivity index (χ0n) is 18.1. The highest BCUT2D eigenvalue weighted by atomic mass is 16.4. The van der Waals surface area contributed by atoms with Crippen LogP contribution in [0.2, 0.25) is 0 Å². The minimum Gasteiger partial charge on any atom is -0.478 e. The molecule has 0 aliphatic rings. The predicted octanol–water partition coefficient (Wildman–Crippen LogP) is 4.82. The van der Waals surface area contributed by atoms with Crippen LogP contribution in [0.1, 0.15) is 46.6 Å². The molecule has 6 heteroatoms. The fourth-order valence-electron chi connectivity index (χ4n) is 3.73. The molecule has 2 aromatic carbocycles. The van der Waals surface area contributed by atoms with Gasteiger partial charge in [0.1, 0.15) is 5.82 Å². The number of hydrogen-bond donors (Lipinski definition) is 1. The predicted molar refractivity (Wildman–Crippen MR) is 124 cm³/mol. The van der Waals surface area contributed by atoms with Crippen LogP contribution >= 0.6 is 0 Å². The summed E-state index contributed by atoms with van der Waals surface area (Å²) in [6, 6.07) is 21.2. The van der Waals surface area contributed by atoms with Crippen molar-refractivity contribution in [1.29, 1.82) is 0 Å². The van der Waals surface area contributed by atoms with E-state index in [4.69, 9.17) is 10.1 Å². The molecular weight excluding hydrogens is 400 g/mol. The van der Waals surface area contributed by atoms with E-state index in [9.17, 15) is 9.90 Å². The van der Waals surface area contributed by atoms with Crippen molar-refractivity contribution in [1.82, 2.24) is 19.7 Å². The SMILES string of the molecule is CCCn1nc(CCc2ccccc2)nc1Cc1ccc(-c2ccccc2C(=O)O)cn1. The molecule has 0 fully saturated rings. The smallest absolute Gasteiger partial charge is 0.336 e. The number of aromatic nitrogens is 4. The Morgan fingerprint density at radius 1 is 0.969 bits per heavy atom. The Morgan fingerprint density at radius 2 is 1.75 bits per heavy atom. The number of pyridine rings is 1. The van der Waals surface area contributed by atoms with Gasteiger partial charge in [0, 0.05) is 36.8 Å². The standard InChI is InChI=1S/C26H26N4O2/c1-2-16-30-25(28-24(29-30)15-12-19-8-4-3-5-9-19)17-21-14-13-20(18-27-21)22-10-6-7-11-23(22)26(31)32/h3-11,13-14,18H,2,12,15-17H2,1H3,(H,31,32). The van der Waals surface area contributed by atoms with E-state index in [0.29, 0.717) is 12.0 Å². The molecule has 0 saturated heterocycles. The van der Waals surface area contributed by atoms with Gasteiger partial charge in [-0.1, -0.05) is 61.5 Å². The van der Waals surface area contributed by atoms with Gasteiger partial charge in [-0.25, -0.2) is 14.5 Å². The molecule has 162 valence electrons. The molecule has 2 heterocycles. The summed E-state index contributed by atoms with van der Waals surface area (Å²) >= 11 is 0. The number of aromatic carboxylic acids is 1. The first-order chi connectivity index (χ1) is 15.6. The maximum absolute atomic E-state index is 11.5. The molecule has 0 unspecified atom stereocenters. The minimum absolute atomic E-state index is 0.271. The van der Waals surface area contributed by atoms with E-state index >= 15 is 0 Å². The highest BCUT2D eigenvalue weighted by molar-refractivity contribution is 5.95. The second-order valence-corrected chi connectivity index (χ2v) is 7.72. The Kier molecular flexibility index (Phi) is 6.70. The van der Waals surface area contributed by atoms with Crippen LogP contribution in [0.3, 0.4) is 0 Å². The molecule has 0 saturated carbocycles. The topological polar surface area (TPSA) is 80.9 Å². The van der Waals surface area contributed by atoms with Crippen molar-refractivity contribution in [3.8, 4) is 11.1 Å². The number of nitrogens with zero attached hydrogens (tertiary/aromatic N) is 4. The molecule has 32 heavy (non-hydrogen) atoms. The van der Waals surface area contributed by atoms with Gasteiger partial charge in [0.05, 0.1) is 5.56 Å². The van der Waals surface area contributed by atoms with E-state index in [2.05, 4.69) is 24.0 Å².